The maximum absolute atomic E-state index is 7.41. The Kier molecular flexibility index (Phi) is 4.48. The molecule has 0 aromatic heterocycles. The molecule has 0 fully saturated rings. The van der Waals surface area contributed by atoms with Crippen LogP contribution in [-0.4, -0.2) is 12.9 Å². The number of nitrogens with two attached hydrogens (primary N) is 1. The zero-order chi connectivity index (χ0) is 14.5. The van der Waals surface area contributed by atoms with E-state index in [1.54, 1.807) is 43.5 Å². The first kappa shape index (κ1) is 14.2. The Morgan fingerprint density at radius 2 is 2.05 bits per heavy atom. The van der Waals surface area contributed by atoms with Gasteiger partial charge in [-0.25, -0.2) is 0 Å². The van der Waals surface area contributed by atoms with Crippen molar-refractivity contribution in [2.45, 2.75) is 6.61 Å². The summed E-state index contributed by atoms with van der Waals surface area (Å²) in [5.41, 5.74) is 6.93. The lowest BCUT2D eigenvalue weighted by Gasteiger charge is -2.11. The molecule has 0 unspecified atom stereocenters. The topological polar surface area (TPSA) is 68.3 Å². The number of ether oxygens (including phenoxy) is 2. The highest BCUT2D eigenvalue weighted by Crippen LogP contribution is 2.24. The molecule has 2 aromatic rings. The van der Waals surface area contributed by atoms with Crippen LogP contribution in [0.1, 0.15) is 11.1 Å². The van der Waals surface area contributed by atoms with Crippen LogP contribution >= 0.6 is 11.6 Å². The molecular weight excluding hydrogens is 276 g/mol. The van der Waals surface area contributed by atoms with Crippen LogP contribution in [0.4, 0.5) is 0 Å². The first-order chi connectivity index (χ1) is 9.60. The average Bonchev–Trinajstić information content (AvgIpc) is 2.45. The van der Waals surface area contributed by atoms with Gasteiger partial charge in [-0.05, 0) is 30.3 Å². The molecule has 20 heavy (non-hydrogen) atoms. The highest BCUT2D eigenvalue weighted by Gasteiger charge is 2.06. The summed E-state index contributed by atoms with van der Waals surface area (Å²) in [6.45, 7) is 0.324. The van der Waals surface area contributed by atoms with Crippen molar-refractivity contribution in [3.63, 3.8) is 0 Å². The second kappa shape index (κ2) is 6.30. The van der Waals surface area contributed by atoms with E-state index in [0.717, 1.165) is 11.3 Å². The summed E-state index contributed by atoms with van der Waals surface area (Å²) in [6.07, 6.45) is 0. The Balaban J connectivity index is 2.14. The number of nitrogen functional groups attached to an aromatic ring is 1. The zero-order valence-corrected chi connectivity index (χ0v) is 11.8. The molecule has 4 nitrogen and oxygen atoms in total. The number of hydrogen-bond acceptors (Lipinski definition) is 3. The maximum Gasteiger partial charge on any atom is 0.125 e. The van der Waals surface area contributed by atoms with Gasteiger partial charge in [-0.3, -0.25) is 5.41 Å². The standard InChI is InChI=1S/C15H15ClN2O2/c1-19-14-6-5-12(16)7-11(14)9-20-13-4-2-3-10(8-13)15(17)18/h2-8H,9H2,1H3,(H3,17,18). The molecule has 0 saturated heterocycles. The summed E-state index contributed by atoms with van der Waals surface area (Å²) >= 11 is 5.97. The van der Waals surface area contributed by atoms with Crippen molar-refractivity contribution < 1.29 is 9.47 Å². The second-order valence-electron chi connectivity index (χ2n) is 4.19. The smallest absolute Gasteiger partial charge is 0.125 e. The van der Waals surface area contributed by atoms with Crippen molar-refractivity contribution in [1.29, 1.82) is 5.41 Å². The number of nitrogens with one attached hydrogen (secondary N) is 1. The van der Waals surface area contributed by atoms with E-state index in [1.807, 2.05) is 6.07 Å². The van der Waals surface area contributed by atoms with E-state index in [2.05, 4.69) is 0 Å². The van der Waals surface area contributed by atoms with Gasteiger partial charge in [0.15, 0.2) is 0 Å². The molecule has 3 N–H and O–H groups in total. The third kappa shape index (κ3) is 3.42. The summed E-state index contributed by atoms with van der Waals surface area (Å²) in [5.74, 6) is 1.37. The largest absolute Gasteiger partial charge is 0.496 e. The van der Waals surface area contributed by atoms with Crippen molar-refractivity contribution in [2.24, 2.45) is 5.73 Å². The van der Waals surface area contributed by atoms with E-state index in [1.165, 1.54) is 0 Å². The molecule has 0 aliphatic rings. The Bertz CT molecular complexity index is 629. The molecule has 0 heterocycles. The monoisotopic (exact) mass is 290 g/mol. The van der Waals surface area contributed by atoms with Crippen LogP contribution in [0.15, 0.2) is 42.5 Å². The third-order valence-corrected chi connectivity index (χ3v) is 3.02. The van der Waals surface area contributed by atoms with E-state index < -0.39 is 0 Å². The van der Waals surface area contributed by atoms with E-state index in [4.69, 9.17) is 32.2 Å². The lowest BCUT2D eigenvalue weighted by molar-refractivity contribution is 0.296. The number of benzene rings is 2. The number of halogens is 1. The van der Waals surface area contributed by atoms with Gasteiger partial charge < -0.3 is 15.2 Å². The van der Waals surface area contributed by atoms with Gasteiger partial charge in [0.25, 0.3) is 0 Å². The fourth-order valence-electron chi connectivity index (χ4n) is 1.77. The minimum atomic E-state index is 0.00999. The van der Waals surface area contributed by atoms with Crippen LogP contribution in [0.3, 0.4) is 0 Å². The molecule has 0 aliphatic heterocycles. The number of methoxy groups -OCH3 is 1. The summed E-state index contributed by atoms with van der Waals surface area (Å²) in [4.78, 5) is 0. The SMILES string of the molecule is COc1ccc(Cl)cc1COc1cccc(C(=N)N)c1. The fraction of sp³-hybridized carbons (Fsp3) is 0.133. The number of amidine groups is 1. The van der Waals surface area contributed by atoms with Crippen LogP contribution in [0.25, 0.3) is 0 Å². The van der Waals surface area contributed by atoms with Crippen LogP contribution in [0.2, 0.25) is 5.02 Å². The first-order valence-corrected chi connectivity index (χ1v) is 6.37. The highest BCUT2D eigenvalue weighted by atomic mass is 35.5. The Hall–Kier alpha value is -2.20. The minimum absolute atomic E-state index is 0.00999. The Morgan fingerprint density at radius 3 is 2.75 bits per heavy atom. The molecule has 0 spiro atoms. The van der Waals surface area contributed by atoms with Crippen LogP contribution in [0.5, 0.6) is 11.5 Å². The van der Waals surface area contributed by atoms with Crippen molar-refractivity contribution in [2.75, 3.05) is 7.11 Å². The van der Waals surface area contributed by atoms with Crippen molar-refractivity contribution in [1.82, 2.24) is 0 Å². The van der Waals surface area contributed by atoms with E-state index in [-0.39, 0.29) is 5.84 Å². The molecule has 0 amide bonds. The molecule has 0 radical (unpaired) electrons. The maximum atomic E-state index is 7.41. The van der Waals surface area contributed by atoms with Crippen molar-refractivity contribution in [3.05, 3.63) is 58.6 Å². The van der Waals surface area contributed by atoms with Gasteiger partial charge in [-0.2, -0.15) is 0 Å². The predicted octanol–water partition coefficient (Wildman–Crippen LogP) is 3.21. The molecule has 0 atom stereocenters. The van der Waals surface area contributed by atoms with Gasteiger partial charge in [-0.1, -0.05) is 23.7 Å². The van der Waals surface area contributed by atoms with Crippen LogP contribution in [-0.2, 0) is 6.61 Å². The normalized spacial score (nSPS) is 10.1. The third-order valence-electron chi connectivity index (χ3n) is 2.78. The Labute approximate surface area is 122 Å². The molecule has 0 bridgehead atoms. The summed E-state index contributed by atoms with van der Waals surface area (Å²) in [6, 6.07) is 12.4. The summed E-state index contributed by atoms with van der Waals surface area (Å²) in [5, 5.41) is 8.03. The number of rotatable bonds is 5. The van der Waals surface area contributed by atoms with Gasteiger partial charge in [0.05, 0.1) is 7.11 Å². The Morgan fingerprint density at radius 1 is 1.25 bits per heavy atom. The van der Waals surface area contributed by atoms with Gasteiger partial charge in [0.2, 0.25) is 0 Å². The second-order valence-corrected chi connectivity index (χ2v) is 4.62. The molecule has 2 aromatic carbocycles. The van der Waals surface area contributed by atoms with Gasteiger partial charge in [0, 0.05) is 16.1 Å². The van der Waals surface area contributed by atoms with Crippen LogP contribution < -0.4 is 15.2 Å². The molecular formula is C15H15ClN2O2. The van der Waals surface area contributed by atoms with E-state index in [9.17, 15) is 0 Å². The van der Waals surface area contributed by atoms with Gasteiger partial charge in [-0.15, -0.1) is 0 Å². The average molecular weight is 291 g/mol. The van der Waals surface area contributed by atoms with Gasteiger partial charge in [0.1, 0.15) is 23.9 Å². The van der Waals surface area contributed by atoms with Gasteiger partial charge >= 0.3 is 0 Å². The lowest BCUT2D eigenvalue weighted by atomic mass is 10.2. The zero-order valence-electron chi connectivity index (χ0n) is 11.0. The van der Waals surface area contributed by atoms with E-state index in [0.29, 0.717) is 22.9 Å². The molecule has 5 heteroatoms. The molecule has 2 rings (SSSR count). The van der Waals surface area contributed by atoms with Crippen LogP contribution in [0, 0.1) is 5.41 Å². The first-order valence-electron chi connectivity index (χ1n) is 6.00. The highest BCUT2D eigenvalue weighted by molar-refractivity contribution is 6.30. The molecule has 0 saturated carbocycles. The van der Waals surface area contributed by atoms with Crippen molar-refractivity contribution in [3.8, 4) is 11.5 Å². The lowest BCUT2D eigenvalue weighted by Crippen LogP contribution is -2.10. The molecule has 104 valence electrons. The van der Waals surface area contributed by atoms with E-state index >= 15 is 0 Å². The summed E-state index contributed by atoms with van der Waals surface area (Å²) in [7, 11) is 1.60. The predicted molar refractivity (Wildman–Crippen MR) is 79.8 cm³/mol. The quantitative estimate of drug-likeness (QED) is 0.656. The summed E-state index contributed by atoms with van der Waals surface area (Å²) < 4.78 is 10.9. The minimum Gasteiger partial charge on any atom is -0.496 e. The fourth-order valence-corrected chi connectivity index (χ4v) is 1.97. The van der Waals surface area contributed by atoms with Crippen molar-refractivity contribution >= 4 is 17.4 Å². The number of hydrogen-bond donors (Lipinski definition) is 2. The molecule has 0 aliphatic carbocycles.